The van der Waals surface area contributed by atoms with Gasteiger partial charge in [-0.3, -0.25) is 14.2 Å². The number of amides is 1. The van der Waals surface area contributed by atoms with Gasteiger partial charge in [0.05, 0.1) is 17.2 Å². The van der Waals surface area contributed by atoms with Crippen molar-refractivity contribution in [1.82, 2.24) is 19.8 Å². The highest BCUT2D eigenvalue weighted by Crippen LogP contribution is 2.15. The van der Waals surface area contributed by atoms with Gasteiger partial charge >= 0.3 is 0 Å². The average molecular weight is 360 g/mol. The van der Waals surface area contributed by atoms with Gasteiger partial charge in [-0.1, -0.05) is 6.92 Å². The van der Waals surface area contributed by atoms with Gasteiger partial charge in [0, 0.05) is 19.1 Å². The molecule has 140 valence electrons. The lowest BCUT2D eigenvalue weighted by atomic mass is 10.00. The number of halogens is 1. The highest BCUT2D eigenvalue weighted by molar-refractivity contribution is 5.79. The van der Waals surface area contributed by atoms with Crippen LogP contribution in [0.15, 0.2) is 29.3 Å². The summed E-state index contributed by atoms with van der Waals surface area (Å²) in [5.74, 6) is -0.0560. The Bertz CT molecular complexity index is 851. The minimum Gasteiger partial charge on any atom is -0.351 e. The Balaban J connectivity index is 1.61. The number of aromatic nitrogens is 2. The van der Waals surface area contributed by atoms with Crippen molar-refractivity contribution >= 4 is 16.8 Å². The van der Waals surface area contributed by atoms with E-state index >= 15 is 0 Å². The number of hydrogen-bond donors (Lipinski definition) is 1. The minimum absolute atomic E-state index is 0.00522. The van der Waals surface area contributed by atoms with Gasteiger partial charge in [-0.15, -0.1) is 0 Å². The average Bonchev–Trinajstić information content (AvgIpc) is 2.57. The maximum absolute atomic E-state index is 13.4. The molecule has 1 aromatic heterocycles. The maximum atomic E-state index is 13.4. The first-order valence-electron chi connectivity index (χ1n) is 9.09. The number of piperidine rings is 1. The van der Waals surface area contributed by atoms with Crippen LogP contribution in [-0.4, -0.2) is 46.0 Å². The van der Waals surface area contributed by atoms with Gasteiger partial charge in [0.1, 0.15) is 12.4 Å². The summed E-state index contributed by atoms with van der Waals surface area (Å²) >= 11 is 0. The van der Waals surface area contributed by atoms with Gasteiger partial charge < -0.3 is 10.2 Å². The first-order valence-corrected chi connectivity index (χ1v) is 9.09. The molecular formula is C19H25FN4O2. The number of rotatable bonds is 5. The van der Waals surface area contributed by atoms with E-state index in [0.29, 0.717) is 11.4 Å². The van der Waals surface area contributed by atoms with Gasteiger partial charge in [0.25, 0.3) is 5.56 Å². The van der Waals surface area contributed by atoms with Gasteiger partial charge in [-0.05, 0) is 50.4 Å². The monoisotopic (exact) mass is 360 g/mol. The molecule has 0 aliphatic carbocycles. The Morgan fingerprint density at radius 3 is 3.04 bits per heavy atom. The van der Waals surface area contributed by atoms with Gasteiger partial charge in [0.15, 0.2) is 0 Å². The van der Waals surface area contributed by atoms with E-state index in [0.717, 1.165) is 25.7 Å². The quantitative estimate of drug-likeness (QED) is 0.883. The second-order valence-electron chi connectivity index (χ2n) is 7.31. The molecule has 0 radical (unpaired) electrons. The normalized spacial score (nSPS) is 19.4. The van der Waals surface area contributed by atoms with E-state index in [4.69, 9.17) is 0 Å². The molecule has 3 rings (SSSR count). The lowest BCUT2D eigenvalue weighted by Crippen LogP contribution is -2.46. The van der Waals surface area contributed by atoms with Crippen LogP contribution in [-0.2, 0) is 11.3 Å². The number of hydrogen-bond acceptors (Lipinski definition) is 4. The van der Waals surface area contributed by atoms with Gasteiger partial charge in [-0.25, -0.2) is 9.37 Å². The zero-order valence-corrected chi connectivity index (χ0v) is 15.2. The van der Waals surface area contributed by atoms with Crippen molar-refractivity contribution in [3.05, 3.63) is 40.7 Å². The fourth-order valence-corrected chi connectivity index (χ4v) is 3.60. The molecule has 1 aliphatic heterocycles. The van der Waals surface area contributed by atoms with Crippen LogP contribution in [0, 0.1) is 11.7 Å². The molecule has 0 bridgehead atoms. The summed E-state index contributed by atoms with van der Waals surface area (Å²) in [4.78, 5) is 31.2. The number of carbonyl (C=O) groups is 1. The second kappa shape index (κ2) is 7.95. The Hall–Kier alpha value is -2.28. The summed E-state index contributed by atoms with van der Waals surface area (Å²) in [7, 11) is 0. The topological polar surface area (TPSA) is 67.2 Å². The largest absolute Gasteiger partial charge is 0.351 e. The summed E-state index contributed by atoms with van der Waals surface area (Å²) < 4.78 is 14.6. The van der Waals surface area contributed by atoms with Crippen LogP contribution >= 0.6 is 0 Å². The van der Waals surface area contributed by atoms with Crippen molar-refractivity contribution in [1.29, 1.82) is 0 Å². The summed E-state index contributed by atoms with van der Waals surface area (Å²) in [5.41, 5.74) is 0.00260. The van der Waals surface area contributed by atoms with E-state index in [1.54, 1.807) is 0 Å². The summed E-state index contributed by atoms with van der Waals surface area (Å²) in [6, 6.07) is 3.86. The molecule has 2 atom stereocenters. The summed E-state index contributed by atoms with van der Waals surface area (Å²) in [6.45, 7) is 7.00. The lowest BCUT2D eigenvalue weighted by molar-refractivity contribution is -0.122. The van der Waals surface area contributed by atoms with Crippen LogP contribution in [0.5, 0.6) is 0 Å². The highest BCUT2D eigenvalue weighted by atomic mass is 19.1. The first kappa shape index (κ1) is 18.5. The lowest BCUT2D eigenvalue weighted by Gasteiger charge is -2.32. The number of nitrogens with one attached hydrogen (secondary N) is 1. The van der Waals surface area contributed by atoms with Crippen molar-refractivity contribution < 1.29 is 9.18 Å². The van der Waals surface area contributed by atoms with Crippen LogP contribution < -0.4 is 10.9 Å². The van der Waals surface area contributed by atoms with Crippen LogP contribution in [0.3, 0.4) is 0 Å². The predicted molar refractivity (Wildman–Crippen MR) is 98.4 cm³/mol. The number of fused-ring (bicyclic) bond motifs is 1. The molecule has 1 aromatic carbocycles. The van der Waals surface area contributed by atoms with Crippen molar-refractivity contribution in [2.75, 3.05) is 19.6 Å². The summed E-state index contributed by atoms with van der Waals surface area (Å²) in [5, 5.41) is 3.11. The molecule has 1 fully saturated rings. The van der Waals surface area contributed by atoms with E-state index in [1.165, 1.54) is 35.9 Å². The number of benzene rings is 1. The van der Waals surface area contributed by atoms with E-state index in [-0.39, 0.29) is 23.9 Å². The number of likely N-dealkylation sites (tertiary alicyclic amines) is 1. The minimum atomic E-state index is -0.497. The molecule has 1 aliphatic rings. The predicted octanol–water partition coefficient (Wildman–Crippen LogP) is 1.77. The molecule has 7 heteroatoms. The van der Waals surface area contributed by atoms with Crippen LogP contribution in [0.2, 0.25) is 0 Å². The zero-order chi connectivity index (χ0) is 18.7. The van der Waals surface area contributed by atoms with Crippen molar-refractivity contribution in [3.63, 3.8) is 0 Å². The van der Waals surface area contributed by atoms with Crippen LogP contribution in [0.4, 0.5) is 4.39 Å². The van der Waals surface area contributed by atoms with Crippen molar-refractivity contribution in [2.45, 2.75) is 39.3 Å². The van der Waals surface area contributed by atoms with Crippen LogP contribution in [0.25, 0.3) is 10.9 Å². The molecule has 0 spiro atoms. The highest BCUT2D eigenvalue weighted by Gasteiger charge is 2.19. The second-order valence-corrected chi connectivity index (χ2v) is 7.31. The molecule has 1 saturated heterocycles. The number of carbonyl (C=O) groups excluding carboxylic acids is 1. The van der Waals surface area contributed by atoms with Crippen molar-refractivity contribution in [2.24, 2.45) is 5.92 Å². The SMILES string of the molecule is C[C@H]1CCCN(C[C@H](C)NC(=O)Cn2cnc3ccc(F)cc3c2=O)C1. The molecule has 2 heterocycles. The third-order valence-corrected chi connectivity index (χ3v) is 4.78. The molecule has 1 amide bonds. The fourth-order valence-electron chi connectivity index (χ4n) is 3.60. The maximum Gasteiger partial charge on any atom is 0.261 e. The van der Waals surface area contributed by atoms with Gasteiger partial charge in [0.2, 0.25) is 5.91 Å². The molecule has 2 aromatic rings. The first-order chi connectivity index (χ1) is 12.4. The molecule has 1 N–H and O–H groups in total. The van der Waals surface area contributed by atoms with E-state index in [1.807, 2.05) is 6.92 Å². The Labute approximate surface area is 152 Å². The van der Waals surface area contributed by atoms with E-state index in [9.17, 15) is 14.0 Å². The molecular weight excluding hydrogens is 335 g/mol. The molecule has 0 saturated carbocycles. The molecule has 26 heavy (non-hydrogen) atoms. The van der Waals surface area contributed by atoms with Gasteiger partial charge in [-0.2, -0.15) is 0 Å². The van der Waals surface area contributed by atoms with E-state index < -0.39 is 11.4 Å². The Morgan fingerprint density at radius 2 is 2.27 bits per heavy atom. The zero-order valence-electron chi connectivity index (χ0n) is 15.2. The Kier molecular flexibility index (Phi) is 5.66. The molecule has 6 nitrogen and oxygen atoms in total. The third-order valence-electron chi connectivity index (χ3n) is 4.78. The Morgan fingerprint density at radius 1 is 1.46 bits per heavy atom. The summed E-state index contributed by atoms with van der Waals surface area (Å²) in [6.07, 6.45) is 3.78. The van der Waals surface area contributed by atoms with E-state index in [2.05, 4.69) is 22.1 Å². The molecule has 0 unspecified atom stereocenters. The smallest absolute Gasteiger partial charge is 0.261 e. The standard InChI is InChI=1S/C19H25FN4O2/c1-13-4-3-7-23(9-13)10-14(2)22-18(25)11-24-12-21-17-6-5-15(20)8-16(17)19(24)26/h5-6,8,12-14H,3-4,7,9-11H2,1-2H3,(H,22,25)/t13-,14-/m0/s1. The van der Waals surface area contributed by atoms with Crippen molar-refractivity contribution in [3.8, 4) is 0 Å². The fraction of sp³-hybridized carbons (Fsp3) is 0.526. The number of nitrogens with zero attached hydrogens (tertiary/aromatic N) is 3. The third kappa shape index (κ3) is 4.46. The van der Waals surface area contributed by atoms with Crippen LogP contribution in [0.1, 0.15) is 26.7 Å².